The monoisotopic (exact) mass is 592 g/mol. The molecule has 2 aliphatic rings. The summed E-state index contributed by atoms with van der Waals surface area (Å²) >= 11 is 0. The molecule has 1 saturated heterocycles. The summed E-state index contributed by atoms with van der Waals surface area (Å²) < 4.78 is 5.64. The van der Waals surface area contributed by atoms with E-state index in [1.165, 1.54) is 4.90 Å². The third-order valence-corrected chi connectivity index (χ3v) is 7.99. The van der Waals surface area contributed by atoms with Gasteiger partial charge in [0.2, 0.25) is 11.8 Å². The molecule has 1 heterocycles. The zero-order valence-corrected chi connectivity index (χ0v) is 24.5. The van der Waals surface area contributed by atoms with Crippen LogP contribution in [0.4, 0.5) is 4.79 Å². The molecule has 2 aromatic carbocycles. The zero-order chi connectivity index (χ0) is 31.1. The third kappa shape index (κ3) is 7.43. The Morgan fingerprint density at radius 2 is 1.67 bits per heavy atom. The molecule has 0 spiro atoms. The fourth-order valence-electron chi connectivity index (χ4n) is 5.84. The highest BCUT2D eigenvalue weighted by molar-refractivity contribution is 5.93. The summed E-state index contributed by atoms with van der Waals surface area (Å²) in [6, 6.07) is 13.0. The predicted octanol–water partition coefficient (Wildman–Crippen LogP) is 2.37. The third-order valence-electron chi connectivity index (χ3n) is 7.99. The van der Waals surface area contributed by atoms with Crippen molar-refractivity contribution in [3.8, 4) is 11.1 Å². The first kappa shape index (κ1) is 31.3. The molecule has 0 radical (unpaired) electrons. The average molecular weight is 593 g/mol. The van der Waals surface area contributed by atoms with Crippen LogP contribution in [-0.4, -0.2) is 77.7 Å². The van der Waals surface area contributed by atoms with E-state index in [1.807, 2.05) is 48.5 Å². The first-order chi connectivity index (χ1) is 20.6. The molecule has 0 aromatic heterocycles. The summed E-state index contributed by atoms with van der Waals surface area (Å²) in [7, 11) is 0. The number of nitrogens with one attached hydrogen (secondary N) is 4. The number of alkyl carbamates (subject to hydrolysis) is 1. The van der Waals surface area contributed by atoms with Crippen molar-refractivity contribution in [3.05, 3.63) is 59.7 Å². The summed E-state index contributed by atoms with van der Waals surface area (Å²) in [4.78, 5) is 52.9. The van der Waals surface area contributed by atoms with E-state index in [0.717, 1.165) is 22.3 Å². The number of carbonyl (C=O) groups excluding carboxylic acids is 3. The van der Waals surface area contributed by atoms with Crippen molar-refractivity contribution >= 4 is 29.8 Å². The van der Waals surface area contributed by atoms with Crippen LogP contribution in [0.1, 0.15) is 56.6 Å². The number of aliphatic carboxylic acids is 1. The number of hydrogen-bond acceptors (Lipinski definition) is 6. The number of carbonyl (C=O) groups is 4. The number of carboxylic acids is 1. The number of hydrogen-bond donors (Lipinski definition) is 6. The van der Waals surface area contributed by atoms with Gasteiger partial charge in [0.25, 0.3) is 0 Å². The molecule has 1 fully saturated rings. The van der Waals surface area contributed by atoms with Crippen molar-refractivity contribution in [2.45, 2.75) is 63.6 Å². The van der Waals surface area contributed by atoms with Gasteiger partial charge in [0.05, 0.1) is 0 Å². The van der Waals surface area contributed by atoms with Crippen molar-refractivity contribution < 1.29 is 29.0 Å². The van der Waals surface area contributed by atoms with Crippen LogP contribution < -0.4 is 21.7 Å². The SMILES string of the molecule is CC(C)[C@H](NC(=O)OCC1c2ccccc2-c2ccccc21)C(=O)N[C@@H](CCCNC(=N)N)C(=O)N1CCC[C@H]1C(=O)O. The van der Waals surface area contributed by atoms with Gasteiger partial charge < -0.3 is 36.4 Å². The van der Waals surface area contributed by atoms with Crippen molar-refractivity contribution in [1.82, 2.24) is 20.9 Å². The molecular weight excluding hydrogens is 552 g/mol. The number of rotatable bonds is 12. The molecule has 0 saturated carbocycles. The number of benzene rings is 2. The molecule has 2 aromatic rings. The maximum absolute atomic E-state index is 13.5. The zero-order valence-electron chi connectivity index (χ0n) is 24.5. The number of likely N-dealkylation sites (tertiary alicyclic amines) is 1. The Balaban J connectivity index is 1.41. The Morgan fingerprint density at radius 3 is 2.26 bits per heavy atom. The molecule has 12 nitrogen and oxygen atoms in total. The molecule has 43 heavy (non-hydrogen) atoms. The normalized spacial score (nSPS) is 17.0. The van der Waals surface area contributed by atoms with E-state index in [9.17, 15) is 24.3 Å². The molecule has 1 aliphatic heterocycles. The Morgan fingerprint density at radius 1 is 1.05 bits per heavy atom. The highest BCUT2D eigenvalue weighted by Crippen LogP contribution is 2.44. The lowest BCUT2D eigenvalue weighted by atomic mass is 9.98. The fraction of sp³-hybridized carbons (Fsp3) is 0.452. The number of nitrogens with two attached hydrogens (primary N) is 1. The molecule has 12 heteroatoms. The van der Waals surface area contributed by atoms with Crippen LogP contribution >= 0.6 is 0 Å². The van der Waals surface area contributed by atoms with E-state index in [4.69, 9.17) is 15.9 Å². The van der Waals surface area contributed by atoms with E-state index in [1.54, 1.807) is 13.8 Å². The van der Waals surface area contributed by atoms with Crippen LogP contribution in [0.5, 0.6) is 0 Å². The van der Waals surface area contributed by atoms with Gasteiger partial charge in [0.15, 0.2) is 5.96 Å². The Labute approximate surface area is 250 Å². The number of amides is 3. The number of ether oxygens (including phenoxy) is 1. The van der Waals surface area contributed by atoms with Gasteiger partial charge in [-0.25, -0.2) is 9.59 Å². The minimum Gasteiger partial charge on any atom is -0.480 e. The van der Waals surface area contributed by atoms with Crippen molar-refractivity contribution in [2.75, 3.05) is 19.7 Å². The van der Waals surface area contributed by atoms with Gasteiger partial charge >= 0.3 is 12.1 Å². The van der Waals surface area contributed by atoms with Crippen molar-refractivity contribution in [1.29, 1.82) is 5.41 Å². The quantitative estimate of drug-likeness (QED) is 0.123. The van der Waals surface area contributed by atoms with E-state index in [-0.39, 0.29) is 37.4 Å². The molecular formula is C31H40N6O6. The molecule has 3 atom stereocenters. The summed E-state index contributed by atoms with van der Waals surface area (Å²) in [5.41, 5.74) is 9.68. The van der Waals surface area contributed by atoms with Gasteiger partial charge in [0.1, 0.15) is 24.7 Å². The van der Waals surface area contributed by atoms with E-state index < -0.39 is 42.0 Å². The van der Waals surface area contributed by atoms with Crippen molar-refractivity contribution in [2.24, 2.45) is 11.7 Å². The Bertz CT molecular complexity index is 1320. The molecule has 0 unspecified atom stereocenters. The second kappa shape index (κ2) is 14.0. The fourth-order valence-corrected chi connectivity index (χ4v) is 5.84. The number of guanidine groups is 1. The average Bonchev–Trinajstić information content (AvgIpc) is 3.59. The molecule has 7 N–H and O–H groups in total. The van der Waals surface area contributed by atoms with Gasteiger partial charge in [-0.15, -0.1) is 0 Å². The lowest BCUT2D eigenvalue weighted by Gasteiger charge is -2.29. The lowest BCUT2D eigenvalue weighted by Crippen LogP contribution is -2.57. The van der Waals surface area contributed by atoms with Gasteiger partial charge in [-0.2, -0.15) is 0 Å². The van der Waals surface area contributed by atoms with E-state index in [2.05, 4.69) is 16.0 Å². The van der Waals surface area contributed by atoms with Crippen LogP contribution in [0.25, 0.3) is 11.1 Å². The minimum absolute atomic E-state index is 0.0854. The maximum Gasteiger partial charge on any atom is 0.407 e. The minimum atomic E-state index is -1.09. The summed E-state index contributed by atoms with van der Waals surface area (Å²) in [5, 5.41) is 25.0. The topological polar surface area (TPSA) is 187 Å². The molecule has 4 rings (SSSR count). The second-order valence-corrected chi connectivity index (χ2v) is 11.3. The lowest BCUT2D eigenvalue weighted by molar-refractivity contribution is -0.149. The van der Waals surface area contributed by atoms with Crippen LogP contribution in [0.2, 0.25) is 0 Å². The number of carboxylic acid groups (broad SMARTS) is 1. The molecule has 230 valence electrons. The summed E-state index contributed by atoms with van der Waals surface area (Å²) in [5.74, 6) is -2.86. The summed E-state index contributed by atoms with van der Waals surface area (Å²) in [6.07, 6.45) is 0.700. The molecule has 1 aliphatic carbocycles. The highest BCUT2D eigenvalue weighted by atomic mass is 16.5. The van der Waals surface area contributed by atoms with Gasteiger partial charge in [-0.05, 0) is 53.9 Å². The highest BCUT2D eigenvalue weighted by Gasteiger charge is 2.38. The predicted molar refractivity (Wildman–Crippen MR) is 160 cm³/mol. The second-order valence-electron chi connectivity index (χ2n) is 11.3. The Kier molecular flexibility index (Phi) is 10.2. The summed E-state index contributed by atoms with van der Waals surface area (Å²) in [6.45, 7) is 4.19. The van der Waals surface area contributed by atoms with Gasteiger partial charge in [-0.1, -0.05) is 62.4 Å². The first-order valence-corrected chi connectivity index (χ1v) is 14.6. The smallest absolute Gasteiger partial charge is 0.407 e. The van der Waals surface area contributed by atoms with Gasteiger partial charge in [0, 0.05) is 19.0 Å². The Hall–Kier alpha value is -4.61. The van der Waals surface area contributed by atoms with Crippen molar-refractivity contribution in [3.63, 3.8) is 0 Å². The number of nitrogens with zero attached hydrogens (tertiary/aromatic N) is 1. The largest absolute Gasteiger partial charge is 0.480 e. The van der Waals surface area contributed by atoms with Crippen LogP contribution in [0, 0.1) is 11.3 Å². The molecule has 3 amide bonds. The standard InChI is InChI=1S/C31H40N6O6/c1-18(2)26(36-31(42)43-17-23-21-11-5-3-9-19(21)20-10-4-6-12-22(20)23)27(38)35-24(13-7-15-34-30(32)33)28(39)37-16-8-14-25(37)29(40)41/h3-6,9-12,18,23-26H,7-8,13-17H2,1-2H3,(H,35,38)(H,36,42)(H,40,41)(H4,32,33,34)/t24-,25-,26-/m0/s1. The first-order valence-electron chi connectivity index (χ1n) is 14.6. The van der Waals surface area contributed by atoms with Crippen LogP contribution in [0.3, 0.4) is 0 Å². The number of fused-ring (bicyclic) bond motifs is 3. The van der Waals surface area contributed by atoms with E-state index in [0.29, 0.717) is 25.8 Å². The van der Waals surface area contributed by atoms with Crippen LogP contribution in [-0.2, 0) is 19.1 Å². The maximum atomic E-state index is 13.5. The van der Waals surface area contributed by atoms with E-state index >= 15 is 0 Å². The molecule has 0 bridgehead atoms. The van der Waals surface area contributed by atoms with Crippen LogP contribution in [0.15, 0.2) is 48.5 Å². The van der Waals surface area contributed by atoms with Gasteiger partial charge in [-0.3, -0.25) is 15.0 Å².